The minimum atomic E-state index is -1.27. The van der Waals surface area contributed by atoms with Gasteiger partial charge in [-0.3, -0.25) is 19.2 Å². The Bertz CT molecular complexity index is 1220. The summed E-state index contributed by atoms with van der Waals surface area (Å²) >= 11 is 0. The molecule has 2 heterocycles. The number of nitrogens with one attached hydrogen (secondary N) is 4. The highest BCUT2D eigenvalue weighted by atomic mass is 16.5. The molecule has 2 aliphatic heterocycles. The molecule has 40 heavy (non-hydrogen) atoms. The number of phenols is 1. The van der Waals surface area contributed by atoms with Crippen LogP contribution >= 0.6 is 0 Å². The lowest BCUT2D eigenvalue weighted by Crippen LogP contribution is -2.63. The lowest BCUT2D eigenvalue weighted by atomic mass is 9.89. The van der Waals surface area contributed by atoms with Crippen LogP contribution in [0.4, 0.5) is 0 Å². The highest BCUT2D eigenvalue weighted by molar-refractivity contribution is 5.97. The lowest BCUT2D eigenvalue weighted by molar-refractivity contribution is -0.142. The number of rotatable bonds is 6. The second kappa shape index (κ2) is 12.9. The zero-order valence-electron chi connectivity index (χ0n) is 22.5. The maximum absolute atomic E-state index is 13.7. The number of hydrogen-bond acceptors (Lipinski definition) is 7. The first-order valence-electron chi connectivity index (χ1n) is 13.4. The minimum absolute atomic E-state index is 0.0479. The molecule has 0 saturated carbocycles. The summed E-state index contributed by atoms with van der Waals surface area (Å²) in [6.07, 6.45) is -1.01. The van der Waals surface area contributed by atoms with Gasteiger partial charge in [-0.2, -0.15) is 0 Å². The molecule has 11 heteroatoms. The van der Waals surface area contributed by atoms with Crippen LogP contribution in [-0.4, -0.2) is 77.8 Å². The molecule has 0 bridgehead atoms. The van der Waals surface area contributed by atoms with E-state index in [2.05, 4.69) is 21.3 Å². The number of hydrogen-bond donors (Lipinski definition) is 6. The molecule has 2 saturated heterocycles. The van der Waals surface area contributed by atoms with Crippen LogP contribution < -0.4 is 21.3 Å². The van der Waals surface area contributed by atoms with E-state index < -0.39 is 59.7 Å². The molecule has 1 unspecified atom stereocenters. The fourth-order valence-corrected chi connectivity index (χ4v) is 4.92. The summed E-state index contributed by atoms with van der Waals surface area (Å²) in [4.78, 5) is 52.9. The van der Waals surface area contributed by atoms with Gasteiger partial charge in [0, 0.05) is 18.5 Å². The van der Waals surface area contributed by atoms with Crippen molar-refractivity contribution in [2.45, 2.75) is 44.5 Å². The molecule has 2 fully saturated rings. The Morgan fingerprint density at radius 1 is 0.925 bits per heavy atom. The average Bonchev–Trinajstić information content (AvgIpc) is 2.90. The van der Waals surface area contributed by atoms with Gasteiger partial charge in [0.15, 0.2) is 0 Å². The molecule has 0 aromatic heterocycles. The van der Waals surface area contributed by atoms with E-state index in [9.17, 15) is 29.4 Å². The molecule has 4 amide bonds. The standard InChI is InChI=1S/C29H36N4O7/c1-16-25(35)22(12-18-8-4-3-5-9-18)32-28(38)21(13-30-27(37)20-10-6-7-11-23(20)34)17(2)31-29(39)24(33-26(16)36)19-14-40-15-19/h3-11,16-17,19,21-22,24-25,34-35H,12-15H2,1-2H3,(H,30,37)(H,31,39)(H,32,38)(H,33,36)/t16-,17-,21+,22+,24?,25+/m1/s1. The van der Waals surface area contributed by atoms with Gasteiger partial charge in [-0.15, -0.1) is 0 Å². The number of aliphatic hydroxyl groups excluding tert-OH is 1. The van der Waals surface area contributed by atoms with E-state index in [-0.39, 0.29) is 30.2 Å². The minimum Gasteiger partial charge on any atom is -0.507 e. The third kappa shape index (κ3) is 6.78. The molecular formula is C29H36N4O7. The number of benzene rings is 2. The Balaban J connectivity index is 1.62. The Kier molecular flexibility index (Phi) is 9.38. The van der Waals surface area contributed by atoms with Crippen LogP contribution in [-0.2, 0) is 25.5 Å². The molecule has 0 aliphatic carbocycles. The molecule has 6 atom stereocenters. The SMILES string of the molecule is C[C@H]1NC(=O)C(C2COC2)NC(=O)[C@H](C)[C@H](O)[C@H](Cc2ccccc2)NC(=O)[C@H]1CNC(=O)c1ccccc1O. The number of para-hydroxylation sites is 1. The smallest absolute Gasteiger partial charge is 0.255 e. The highest BCUT2D eigenvalue weighted by Gasteiger charge is 2.41. The largest absolute Gasteiger partial charge is 0.507 e. The summed E-state index contributed by atoms with van der Waals surface area (Å²) in [6.45, 7) is 3.62. The van der Waals surface area contributed by atoms with Crippen molar-refractivity contribution in [3.05, 3.63) is 65.7 Å². The van der Waals surface area contributed by atoms with Crippen LogP contribution in [0.1, 0.15) is 29.8 Å². The number of ether oxygens (including phenoxy) is 1. The third-order valence-electron chi connectivity index (χ3n) is 7.62. The third-order valence-corrected chi connectivity index (χ3v) is 7.62. The molecule has 11 nitrogen and oxygen atoms in total. The summed E-state index contributed by atoms with van der Waals surface area (Å²) in [5.74, 6) is -4.42. The molecule has 214 valence electrons. The summed E-state index contributed by atoms with van der Waals surface area (Å²) in [5, 5.41) is 32.5. The Labute approximate surface area is 232 Å². The maximum atomic E-state index is 13.7. The van der Waals surface area contributed by atoms with E-state index in [1.807, 2.05) is 30.3 Å². The van der Waals surface area contributed by atoms with Crippen LogP contribution in [0.3, 0.4) is 0 Å². The monoisotopic (exact) mass is 552 g/mol. The van der Waals surface area contributed by atoms with Gasteiger partial charge < -0.3 is 36.2 Å². The van der Waals surface area contributed by atoms with Crippen LogP contribution in [0.25, 0.3) is 0 Å². The predicted octanol–water partition coefficient (Wildman–Crippen LogP) is 0.112. The van der Waals surface area contributed by atoms with Crippen molar-refractivity contribution in [2.75, 3.05) is 19.8 Å². The lowest BCUT2D eigenvalue weighted by Gasteiger charge is -2.37. The summed E-state index contributed by atoms with van der Waals surface area (Å²) in [7, 11) is 0. The second-order valence-electron chi connectivity index (χ2n) is 10.5. The van der Waals surface area contributed by atoms with Crippen molar-refractivity contribution in [3.8, 4) is 5.75 Å². The Morgan fingerprint density at radius 3 is 2.25 bits per heavy atom. The van der Waals surface area contributed by atoms with E-state index in [1.165, 1.54) is 12.1 Å². The quantitative estimate of drug-likeness (QED) is 0.296. The van der Waals surface area contributed by atoms with Gasteiger partial charge in [0.2, 0.25) is 17.7 Å². The van der Waals surface area contributed by atoms with E-state index in [0.717, 1.165) is 5.56 Å². The van der Waals surface area contributed by atoms with Gasteiger partial charge in [-0.25, -0.2) is 0 Å². The first-order chi connectivity index (χ1) is 19.2. The van der Waals surface area contributed by atoms with Gasteiger partial charge in [-0.05, 0) is 31.0 Å². The van der Waals surface area contributed by atoms with Gasteiger partial charge in [0.1, 0.15) is 11.8 Å². The first-order valence-corrected chi connectivity index (χ1v) is 13.4. The van der Waals surface area contributed by atoms with Gasteiger partial charge in [0.05, 0.1) is 42.8 Å². The predicted molar refractivity (Wildman–Crippen MR) is 145 cm³/mol. The number of carbonyl (C=O) groups is 4. The van der Waals surface area contributed by atoms with Crippen LogP contribution in [0.15, 0.2) is 54.6 Å². The Hall–Kier alpha value is -3.96. The summed E-state index contributed by atoms with van der Waals surface area (Å²) in [5.41, 5.74) is 0.897. The zero-order valence-corrected chi connectivity index (χ0v) is 22.5. The fourth-order valence-electron chi connectivity index (χ4n) is 4.92. The highest BCUT2D eigenvalue weighted by Crippen LogP contribution is 2.21. The second-order valence-corrected chi connectivity index (χ2v) is 10.5. The Morgan fingerprint density at radius 2 is 1.60 bits per heavy atom. The van der Waals surface area contributed by atoms with Crippen molar-refractivity contribution >= 4 is 23.6 Å². The first kappa shape index (κ1) is 29.0. The topological polar surface area (TPSA) is 166 Å². The van der Waals surface area contributed by atoms with Gasteiger partial charge in [-0.1, -0.05) is 49.4 Å². The van der Waals surface area contributed by atoms with E-state index >= 15 is 0 Å². The van der Waals surface area contributed by atoms with Crippen LogP contribution in [0, 0.1) is 17.8 Å². The number of amides is 4. The van der Waals surface area contributed by atoms with E-state index in [4.69, 9.17) is 4.74 Å². The van der Waals surface area contributed by atoms with E-state index in [0.29, 0.717) is 13.2 Å². The van der Waals surface area contributed by atoms with Crippen molar-refractivity contribution in [2.24, 2.45) is 17.8 Å². The zero-order chi connectivity index (χ0) is 28.8. The average molecular weight is 553 g/mol. The van der Waals surface area contributed by atoms with Crippen molar-refractivity contribution < 1.29 is 34.1 Å². The maximum Gasteiger partial charge on any atom is 0.255 e. The fraction of sp³-hybridized carbons (Fsp3) is 0.448. The number of aliphatic hydroxyl groups is 1. The summed E-state index contributed by atoms with van der Waals surface area (Å²) in [6, 6.07) is 12.8. The van der Waals surface area contributed by atoms with E-state index in [1.54, 1.807) is 26.0 Å². The molecule has 0 spiro atoms. The molecule has 6 N–H and O–H groups in total. The van der Waals surface area contributed by atoms with Crippen LogP contribution in [0.5, 0.6) is 5.75 Å². The van der Waals surface area contributed by atoms with Gasteiger partial charge >= 0.3 is 0 Å². The van der Waals surface area contributed by atoms with Crippen LogP contribution in [0.2, 0.25) is 0 Å². The van der Waals surface area contributed by atoms with Crippen molar-refractivity contribution in [1.82, 2.24) is 21.3 Å². The normalized spacial score (nSPS) is 28.1. The molecule has 2 aromatic rings. The van der Waals surface area contributed by atoms with Gasteiger partial charge in [0.25, 0.3) is 5.91 Å². The molecule has 0 radical (unpaired) electrons. The molecule has 2 aromatic carbocycles. The number of aromatic hydroxyl groups is 1. The number of phenolic OH excluding ortho intramolecular Hbond substituents is 1. The molecular weight excluding hydrogens is 516 g/mol. The summed E-state index contributed by atoms with van der Waals surface area (Å²) < 4.78 is 5.24. The van der Waals surface area contributed by atoms with Crippen molar-refractivity contribution in [3.63, 3.8) is 0 Å². The number of carbonyl (C=O) groups excluding carboxylic acids is 4. The molecule has 4 rings (SSSR count). The molecule has 2 aliphatic rings. The van der Waals surface area contributed by atoms with Crippen molar-refractivity contribution in [1.29, 1.82) is 0 Å².